The number of rotatable bonds is 2. The van der Waals surface area contributed by atoms with E-state index in [0.29, 0.717) is 6.61 Å². The molecule has 5 nitrogen and oxygen atoms in total. The summed E-state index contributed by atoms with van der Waals surface area (Å²) in [5.74, 6) is -1.19. The van der Waals surface area contributed by atoms with E-state index >= 15 is 0 Å². The highest BCUT2D eigenvalue weighted by Gasteiger charge is 2.76. The molecule has 3 unspecified atom stereocenters. The largest absolute Gasteiger partial charge is 0.380 e. The number of hydrogen-bond acceptors (Lipinski definition) is 5. The van der Waals surface area contributed by atoms with Crippen LogP contribution < -0.4 is 0 Å². The predicted molar refractivity (Wildman–Crippen MR) is 64.3 cm³/mol. The molecule has 2 aliphatic rings. The first-order valence-corrected chi connectivity index (χ1v) is 7.71. The Morgan fingerprint density at radius 1 is 1.50 bits per heavy atom. The van der Waals surface area contributed by atoms with Crippen molar-refractivity contribution in [1.29, 1.82) is 0 Å². The SMILES string of the molecule is CCOC12CC(C)(C)N(O)C(C)(C)C1P(=O)(F)O2. The van der Waals surface area contributed by atoms with Crippen LogP contribution in [0.2, 0.25) is 0 Å². The van der Waals surface area contributed by atoms with Gasteiger partial charge in [0.15, 0.2) is 5.79 Å². The van der Waals surface area contributed by atoms with Crippen LogP contribution in [0.4, 0.5) is 4.20 Å². The maximum absolute atomic E-state index is 13.9. The summed E-state index contributed by atoms with van der Waals surface area (Å²) in [6.45, 7) is 9.06. The van der Waals surface area contributed by atoms with Crippen molar-refractivity contribution < 1.29 is 23.2 Å². The van der Waals surface area contributed by atoms with Crippen LogP contribution in [-0.4, -0.2) is 39.4 Å². The summed E-state index contributed by atoms with van der Waals surface area (Å²) in [4.78, 5) is 0. The predicted octanol–water partition coefficient (Wildman–Crippen LogP) is 2.93. The van der Waals surface area contributed by atoms with E-state index < -0.39 is 30.2 Å². The van der Waals surface area contributed by atoms with Crippen LogP contribution in [0.5, 0.6) is 0 Å². The molecule has 0 saturated carbocycles. The van der Waals surface area contributed by atoms with Crippen LogP contribution in [0.25, 0.3) is 0 Å². The minimum atomic E-state index is -4.23. The molecule has 2 rings (SSSR count). The molecule has 0 spiro atoms. The summed E-state index contributed by atoms with van der Waals surface area (Å²) >= 11 is 0. The van der Waals surface area contributed by atoms with Gasteiger partial charge in [0.2, 0.25) is 0 Å². The summed E-state index contributed by atoms with van der Waals surface area (Å²) in [6, 6.07) is 0. The molecule has 106 valence electrons. The minimum absolute atomic E-state index is 0.270. The van der Waals surface area contributed by atoms with Gasteiger partial charge in [-0.05, 0) is 34.6 Å². The lowest BCUT2D eigenvalue weighted by Gasteiger charge is -2.64. The maximum atomic E-state index is 13.9. The number of halogens is 1. The first-order valence-electron chi connectivity index (χ1n) is 6.13. The van der Waals surface area contributed by atoms with Crippen LogP contribution in [-0.2, 0) is 13.8 Å². The monoisotopic (exact) mass is 281 g/mol. The fourth-order valence-corrected chi connectivity index (χ4v) is 5.66. The summed E-state index contributed by atoms with van der Waals surface area (Å²) in [5, 5.41) is 11.3. The van der Waals surface area contributed by atoms with Crippen molar-refractivity contribution in [3.63, 3.8) is 0 Å². The molecule has 2 saturated heterocycles. The van der Waals surface area contributed by atoms with Crippen molar-refractivity contribution in [1.82, 2.24) is 5.06 Å². The molecule has 2 heterocycles. The van der Waals surface area contributed by atoms with Gasteiger partial charge in [0.1, 0.15) is 5.66 Å². The Kier molecular flexibility index (Phi) is 3.01. The molecule has 0 aromatic rings. The highest BCUT2D eigenvalue weighted by molar-refractivity contribution is 7.56. The van der Waals surface area contributed by atoms with Crippen molar-refractivity contribution in [2.45, 2.75) is 63.6 Å². The average molecular weight is 281 g/mol. The van der Waals surface area contributed by atoms with Crippen LogP contribution in [0.15, 0.2) is 0 Å². The molecule has 0 aromatic carbocycles. The van der Waals surface area contributed by atoms with Gasteiger partial charge in [-0.2, -0.15) is 9.26 Å². The van der Waals surface area contributed by atoms with E-state index in [1.165, 1.54) is 0 Å². The average Bonchev–Trinajstić information content (AvgIpc) is 2.11. The van der Waals surface area contributed by atoms with E-state index in [2.05, 4.69) is 0 Å². The van der Waals surface area contributed by atoms with Gasteiger partial charge in [-0.25, -0.2) is 0 Å². The lowest BCUT2D eigenvalue weighted by molar-refractivity contribution is -0.340. The second-order valence-corrected chi connectivity index (χ2v) is 7.96. The molecular weight excluding hydrogens is 260 g/mol. The molecule has 2 fully saturated rings. The smallest absolute Gasteiger partial charge is 0.349 e. The summed E-state index contributed by atoms with van der Waals surface area (Å²) in [7, 11) is -4.23. The highest BCUT2D eigenvalue weighted by Crippen LogP contribution is 2.76. The fourth-order valence-electron chi connectivity index (χ4n) is 3.52. The van der Waals surface area contributed by atoms with Crippen molar-refractivity contribution in [3.05, 3.63) is 0 Å². The number of fused-ring (bicyclic) bond motifs is 1. The standard InChI is InChI=1S/C11H21FNO4P/c1-6-16-11-7-9(2,3)13(14)10(4,5)8(11)18(12,15)17-11/h8,14H,6-7H2,1-5H3. The zero-order valence-electron chi connectivity index (χ0n) is 11.4. The zero-order valence-corrected chi connectivity index (χ0v) is 12.3. The normalized spacial score (nSPS) is 46.3. The van der Waals surface area contributed by atoms with E-state index in [-0.39, 0.29) is 6.42 Å². The Balaban J connectivity index is 2.46. The number of ether oxygens (including phenoxy) is 1. The molecular formula is C11H21FNO4P. The van der Waals surface area contributed by atoms with Gasteiger partial charge < -0.3 is 9.94 Å². The second kappa shape index (κ2) is 3.76. The third-order valence-corrected chi connectivity index (χ3v) is 6.06. The van der Waals surface area contributed by atoms with Crippen LogP contribution >= 0.6 is 7.68 Å². The van der Waals surface area contributed by atoms with E-state index in [1.807, 2.05) is 13.8 Å². The quantitative estimate of drug-likeness (QED) is 0.789. The van der Waals surface area contributed by atoms with Crippen LogP contribution in [0.1, 0.15) is 41.0 Å². The maximum Gasteiger partial charge on any atom is 0.380 e. The van der Waals surface area contributed by atoms with E-state index in [1.54, 1.807) is 20.8 Å². The third-order valence-electron chi connectivity index (χ3n) is 3.86. The molecule has 0 radical (unpaired) electrons. The fraction of sp³-hybridized carbons (Fsp3) is 1.00. The van der Waals surface area contributed by atoms with Gasteiger partial charge >= 0.3 is 7.68 Å². The third kappa shape index (κ3) is 1.70. The molecule has 0 bridgehead atoms. The van der Waals surface area contributed by atoms with Gasteiger partial charge in [0.05, 0.1) is 5.54 Å². The molecule has 3 atom stereocenters. The molecule has 18 heavy (non-hydrogen) atoms. The van der Waals surface area contributed by atoms with Gasteiger partial charge in [-0.3, -0.25) is 9.09 Å². The Morgan fingerprint density at radius 3 is 2.50 bits per heavy atom. The summed E-state index contributed by atoms with van der Waals surface area (Å²) in [6.07, 6.45) is 0.270. The topological polar surface area (TPSA) is 59.0 Å². The lowest BCUT2D eigenvalue weighted by atomic mass is 9.77. The van der Waals surface area contributed by atoms with Gasteiger partial charge in [-0.1, -0.05) is 0 Å². The van der Waals surface area contributed by atoms with E-state index in [9.17, 15) is 14.0 Å². The molecule has 1 N–H and O–H groups in total. The lowest BCUT2D eigenvalue weighted by Crippen LogP contribution is -2.76. The molecule has 7 heteroatoms. The van der Waals surface area contributed by atoms with Crippen molar-refractivity contribution in [2.24, 2.45) is 0 Å². The minimum Gasteiger partial charge on any atom is -0.349 e. The highest BCUT2D eigenvalue weighted by atomic mass is 31.2. The number of nitrogens with zero attached hydrogens (tertiary/aromatic N) is 1. The Morgan fingerprint density at radius 2 is 2.06 bits per heavy atom. The van der Waals surface area contributed by atoms with E-state index in [0.717, 1.165) is 5.06 Å². The van der Waals surface area contributed by atoms with Crippen molar-refractivity contribution >= 4 is 7.68 Å². The zero-order chi connectivity index (χ0) is 14.0. The molecule has 0 amide bonds. The number of hydrogen-bond donors (Lipinski definition) is 1. The van der Waals surface area contributed by atoms with Crippen molar-refractivity contribution in [2.75, 3.05) is 6.61 Å². The molecule has 0 aromatic heterocycles. The molecule has 0 aliphatic carbocycles. The number of piperidine rings is 1. The van der Waals surface area contributed by atoms with E-state index in [4.69, 9.17) is 9.26 Å². The first-order chi connectivity index (χ1) is 8.00. The molecule has 2 aliphatic heterocycles. The summed E-state index contributed by atoms with van der Waals surface area (Å²) < 4.78 is 36.3. The second-order valence-electron chi connectivity index (χ2n) is 6.21. The Bertz CT molecular complexity index is 414. The summed E-state index contributed by atoms with van der Waals surface area (Å²) in [5.41, 5.74) is -2.62. The van der Waals surface area contributed by atoms with Gasteiger partial charge in [0, 0.05) is 18.6 Å². The van der Waals surface area contributed by atoms with Crippen LogP contribution in [0, 0.1) is 0 Å². The Labute approximate surface area is 107 Å². The Hall–Kier alpha value is -0.0000000000000000208. The number of hydroxylamine groups is 2. The van der Waals surface area contributed by atoms with Gasteiger partial charge in [0.25, 0.3) is 0 Å². The van der Waals surface area contributed by atoms with Gasteiger partial charge in [-0.15, -0.1) is 0 Å². The van der Waals surface area contributed by atoms with Crippen LogP contribution in [0.3, 0.4) is 0 Å². The first kappa shape index (κ1) is 14.4. The van der Waals surface area contributed by atoms with Crippen molar-refractivity contribution in [3.8, 4) is 0 Å².